The minimum Gasteiger partial charge on any atom is -0.406 e. The average molecular weight is 316 g/mol. The third-order valence-electron chi connectivity index (χ3n) is 2.68. The lowest BCUT2D eigenvalue weighted by Crippen LogP contribution is -2.19. The van der Waals surface area contributed by atoms with E-state index in [9.17, 15) is 13.2 Å². The summed E-state index contributed by atoms with van der Waals surface area (Å²) in [6.07, 6.45) is -4.70. The molecule has 0 saturated carbocycles. The molecule has 0 bridgehead atoms. The molecule has 6 nitrogen and oxygen atoms in total. The number of nitrogens with zero attached hydrogens (tertiary/aromatic N) is 3. The van der Waals surface area contributed by atoms with Crippen LogP contribution in [-0.4, -0.2) is 28.5 Å². The number of nitrogens with two attached hydrogens (primary N) is 1. The fourth-order valence-electron chi connectivity index (χ4n) is 1.89. The van der Waals surface area contributed by atoms with E-state index in [0.29, 0.717) is 30.4 Å². The molecule has 1 aromatic carbocycles. The maximum atomic E-state index is 12.2. The molecule has 0 spiro atoms. The van der Waals surface area contributed by atoms with Crippen LogP contribution in [0.5, 0.6) is 5.75 Å². The van der Waals surface area contributed by atoms with E-state index in [1.165, 1.54) is 18.2 Å². The maximum Gasteiger partial charge on any atom is 0.573 e. The van der Waals surface area contributed by atoms with Crippen LogP contribution in [0.1, 0.15) is 17.3 Å². The summed E-state index contributed by atoms with van der Waals surface area (Å²) in [7, 11) is 1.79. The Kier molecular flexibility index (Phi) is 4.99. The van der Waals surface area contributed by atoms with E-state index in [0.717, 1.165) is 0 Å². The van der Waals surface area contributed by atoms with Gasteiger partial charge in [0.15, 0.2) is 5.82 Å². The van der Waals surface area contributed by atoms with Crippen molar-refractivity contribution in [3.8, 4) is 5.75 Å². The number of alkyl halides is 3. The van der Waals surface area contributed by atoms with Crippen LogP contribution in [0.2, 0.25) is 0 Å². The number of ether oxygens (including phenoxy) is 1. The monoisotopic (exact) mass is 316 g/mol. The topological polar surface area (TPSA) is 77.4 Å². The third kappa shape index (κ3) is 5.01. The Hall–Kier alpha value is -2.13. The molecule has 0 aliphatic carbocycles. The molecule has 1 aromatic heterocycles. The number of rotatable bonds is 6. The van der Waals surface area contributed by atoms with Crippen LogP contribution in [0, 0.1) is 0 Å². The van der Waals surface area contributed by atoms with Crippen molar-refractivity contribution >= 4 is 0 Å². The highest BCUT2D eigenvalue weighted by molar-refractivity contribution is 5.28. The Morgan fingerprint density at radius 3 is 2.73 bits per heavy atom. The van der Waals surface area contributed by atoms with Gasteiger partial charge in [-0.2, -0.15) is 4.98 Å². The zero-order valence-corrected chi connectivity index (χ0v) is 11.8. The molecule has 0 radical (unpaired) electrons. The van der Waals surface area contributed by atoms with E-state index < -0.39 is 6.36 Å². The second kappa shape index (κ2) is 6.75. The number of hydrogen-bond donors (Lipinski definition) is 1. The molecule has 0 aliphatic heterocycles. The summed E-state index contributed by atoms with van der Waals surface area (Å²) in [4.78, 5) is 5.89. The highest BCUT2D eigenvalue weighted by Crippen LogP contribution is 2.23. The highest BCUT2D eigenvalue weighted by atomic mass is 19.4. The molecule has 2 aromatic rings. The standard InChI is InChI=1S/C13H15F3N4O2/c1-20(8-11-18-12(6-17)22-19-11)7-9-3-2-4-10(5-9)21-13(14,15)16/h2-5H,6-8,17H2,1H3. The van der Waals surface area contributed by atoms with Crippen molar-refractivity contribution < 1.29 is 22.4 Å². The largest absolute Gasteiger partial charge is 0.573 e. The predicted molar refractivity (Wildman–Crippen MR) is 70.5 cm³/mol. The molecule has 1 heterocycles. The van der Waals surface area contributed by atoms with Crippen molar-refractivity contribution in [2.45, 2.75) is 26.0 Å². The number of halogens is 3. The highest BCUT2D eigenvalue weighted by Gasteiger charge is 2.31. The van der Waals surface area contributed by atoms with E-state index >= 15 is 0 Å². The molecule has 0 aliphatic rings. The van der Waals surface area contributed by atoms with Crippen molar-refractivity contribution in [1.82, 2.24) is 15.0 Å². The Bertz CT molecular complexity index is 615. The van der Waals surface area contributed by atoms with Crippen LogP contribution in [0.3, 0.4) is 0 Å². The van der Waals surface area contributed by atoms with Gasteiger partial charge in [-0.05, 0) is 24.7 Å². The second-order valence-electron chi connectivity index (χ2n) is 4.68. The second-order valence-corrected chi connectivity index (χ2v) is 4.68. The lowest BCUT2D eigenvalue weighted by atomic mass is 10.2. The first-order valence-electron chi connectivity index (χ1n) is 6.40. The molecule has 0 atom stereocenters. The van der Waals surface area contributed by atoms with Crippen LogP contribution < -0.4 is 10.5 Å². The Morgan fingerprint density at radius 1 is 1.32 bits per heavy atom. The Labute approximate surface area is 124 Å². The molecular formula is C13H15F3N4O2. The van der Waals surface area contributed by atoms with Crippen LogP contribution in [0.15, 0.2) is 28.8 Å². The molecule has 9 heteroatoms. The van der Waals surface area contributed by atoms with E-state index in [4.69, 9.17) is 10.3 Å². The molecule has 120 valence electrons. The zero-order chi connectivity index (χ0) is 16.2. The van der Waals surface area contributed by atoms with E-state index in [2.05, 4.69) is 14.9 Å². The number of benzene rings is 1. The summed E-state index contributed by atoms with van der Waals surface area (Å²) in [6, 6.07) is 5.81. The van der Waals surface area contributed by atoms with Gasteiger partial charge in [-0.25, -0.2) is 0 Å². The Balaban J connectivity index is 1.96. The van der Waals surface area contributed by atoms with Gasteiger partial charge in [0.1, 0.15) is 5.75 Å². The van der Waals surface area contributed by atoms with Crippen LogP contribution in [0.4, 0.5) is 13.2 Å². The summed E-state index contributed by atoms with van der Waals surface area (Å²) < 4.78 is 45.3. The SMILES string of the molecule is CN(Cc1cccc(OC(F)(F)F)c1)Cc1noc(CN)n1. The lowest BCUT2D eigenvalue weighted by Gasteiger charge is -2.15. The molecule has 0 fully saturated rings. The van der Waals surface area contributed by atoms with Gasteiger partial charge < -0.3 is 15.0 Å². The Morgan fingerprint density at radius 2 is 2.09 bits per heavy atom. The van der Waals surface area contributed by atoms with Gasteiger partial charge >= 0.3 is 6.36 Å². The third-order valence-corrected chi connectivity index (χ3v) is 2.68. The van der Waals surface area contributed by atoms with Crippen LogP contribution >= 0.6 is 0 Å². The van der Waals surface area contributed by atoms with E-state index in [1.54, 1.807) is 13.1 Å². The first kappa shape index (κ1) is 16.2. The summed E-state index contributed by atoms with van der Waals surface area (Å²) in [5.41, 5.74) is 6.04. The van der Waals surface area contributed by atoms with Crippen LogP contribution in [0.25, 0.3) is 0 Å². The molecule has 2 rings (SSSR count). The van der Waals surface area contributed by atoms with Crippen molar-refractivity contribution in [3.05, 3.63) is 41.5 Å². The fourth-order valence-corrected chi connectivity index (χ4v) is 1.89. The first-order valence-corrected chi connectivity index (χ1v) is 6.40. The molecule has 22 heavy (non-hydrogen) atoms. The molecule has 0 unspecified atom stereocenters. The van der Waals surface area contributed by atoms with Gasteiger partial charge in [-0.3, -0.25) is 4.90 Å². The van der Waals surface area contributed by atoms with Crippen molar-refractivity contribution in [2.24, 2.45) is 5.73 Å². The fraction of sp³-hybridized carbons (Fsp3) is 0.385. The smallest absolute Gasteiger partial charge is 0.406 e. The van der Waals surface area contributed by atoms with Crippen molar-refractivity contribution in [2.75, 3.05) is 7.05 Å². The minimum atomic E-state index is -4.70. The molecule has 0 saturated heterocycles. The predicted octanol–water partition coefficient (Wildman–Crippen LogP) is 2.06. The quantitative estimate of drug-likeness (QED) is 0.879. The maximum absolute atomic E-state index is 12.2. The normalized spacial score (nSPS) is 11.9. The van der Waals surface area contributed by atoms with Gasteiger partial charge in [-0.1, -0.05) is 17.3 Å². The number of hydrogen-bond acceptors (Lipinski definition) is 6. The minimum absolute atomic E-state index is 0.160. The summed E-state index contributed by atoms with van der Waals surface area (Å²) in [5.74, 6) is 0.554. The lowest BCUT2D eigenvalue weighted by molar-refractivity contribution is -0.274. The van der Waals surface area contributed by atoms with Gasteiger partial charge in [0, 0.05) is 6.54 Å². The van der Waals surface area contributed by atoms with Crippen LogP contribution in [-0.2, 0) is 19.6 Å². The number of aromatic nitrogens is 2. The van der Waals surface area contributed by atoms with Gasteiger partial charge in [0.2, 0.25) is 5.89 Å². The first-order chi connectivity index (χ1) is 10.4. The van der Waals surface area contributed by atoms with Gasteiger partial charge in [-0.15, -0.1) is 13.2 Å². The zero-order valence-electron chi connectivity index (χ0n) is 11.8. The van der Waals surface area contributed by atoms with Gasteiger partial charge in [0.25, 0.3) is 0 Å². The van der Waals surface area contributed by atoms with E-state index in [-0.39, 0.29) is 12.3 Å². The average Bonchev–Trinajstić information content (AvgIpc) is 2.84. The van der Waals surface area contributed by atoms with E-state index in [1.807, 2.05) is 4.90 Å². The van der Waals surface area contributed by atoms with Gasteiger partial charge in [0.05, 0.1) is 13.1 Å². The summed E-state index contributed by atoms with van der Waals surface area (Å²) in [5, 5.41) is 3.75. The van der Waals surface area contributed by atoms with Crippen molar-refractivity contribution in [3.63, 3.8) is 0 Å². The molecule has 0 amide bonds. The molecule has 2 N–H and O–H groups in total. The van der Waals surface area contributed by atoms with Crippen molar-refractivity contribution in [1.29, 1.82) is 0 Å². The summed E-state index contributed by atoms with van der Waals surface area (Å²) in [6.45, 7) is 0.947. The summed E-state index contributed by atoms with van der Waals surface area (Å²) >= 11 is 0. The molecular weight excluding hydrogens is 301 g/mol.